The van der Waals surface area contributed by atoms with Crippen LogP contribution in [0, 0.1) is 0 Å². The fourth-order valence-corrected chi connectivity index (χ4v) is 5.98. The maximum absolute atomic E-state index is 5.44. The number of allylic oxidation sites excluding steroid dienone is 2. The molecule has 0 unspecified atom stereocenters. The van der Waals surface area contributed by atoms with Gasteiger partial charge >= 0.3 is 0 Å². The van der Waals surface area contributed by atoms with Gasteiger partial charge in [-0.2, -0.15) is 0 Å². The largest absolute Gasteiger partial charge is 0.378 e. The number of hydrogen-bond donors (Lipinski definition) is 0. The second-order valence-corrected chi connectivity index (χ2v) is 9.36. The van der Waals surface area contributed by atoms with Crippen molar-refractivity contribution in [1.82, 2.24) is 4.90 Å². The number of hydrogen-bond acceptors (Lipinski definition) is 2. The molecule has 29 heavy (non-hydrogen) atoms. The van der Waals surface area contributed by atoms with Crippen LogP contribution in [0.1, 0.15) is 19.8 Å². The number of ether oxygens (including phenoxy) is 1. The summed E-state index contributed by atoms with van der Waals surface area (Å²) in [5.74, 6) is 0. The first-order chi connectivity index (χ1) is 14.3. The van der Waals surface area contributed by atoms with Crippen molar-refractivity contribution in [1.29, 1.82) is 0 Å². The molecule has 1 aliphatic rings. The topological polar surface area (TPSA) is 24.8 Å². The lowest BCUT2D eigenvalue weighted by Crippen LogP contribution is -2.35. The average molecular weight is 407 g/mol. The predicted octanol–water partition coefficient (Wildman–Crippen LogP) is 4.72. The molecule has 152 valence electrons. The molecule has 1 atom stereocenters. The Kier molecular flexibility index (Phi) is 8.67. The van der Waals surface area contributed by atoms with E-state index in [1.54, 1.807) is 0 Å². The van der Waals surface area contributed by atoms with Crippen LogP contribution in [-0.2, 0) is 4.74 Å². The Labute approximate surface area is 176 Å². The lowest BCUT2D eigenvalue weighted by Gasteiger charge is -2.26. The molecule has 2 aromatic carbocycles. The minimum atomic E-state index is -0.601. The number of nitrogens with zero attached hydrogens (tertiary/aromatic N) is 2. The molecule has 4 heteroatoms. The highest BCUT2D eigenvalue weighted by atomic mass is 31.1. The van der Waals surface area contributed by atoms with Crippen molar-refractivity contribution in [3.8, 4) is 0 Å². The number of benzene rings is 2. The van der Waals surface area contributed by atoms with Crippen LogP contribution in [0.15, 0.2) is 89.7 Å². The quantitative estimate of drug-likeness (QED) is 0.261. The van der Waals surface area contributed by atoms with Crippen molar-refractivity contribution in [2.75, 3.05) is 26.3 Å². The van der Waals surface area contributed by atoms with Gasteiger partial charge in [-0.05, 0) is 36.7 Å². The van der Waals surface area contributed by atoms with E-state index in [1.807, 2.05) is 12.4 Å². The first kappa shape index (κ1) is 21.5. The lowest BCUT2D eigenvalue weighted by atomic mass is 10.1. The van der Waals surface area contributed by atoms with E-state index in [1.165, 1.54) is 15.9 Å². The Morgan fingerprint density at radius 3 is 2.17 bits per heavy atom. The van der Waals surface area contributed by atoms with Gasteiger partial charge in [-0.1, -0.05) is 86.3 Å². The molecule has 0 radical (unpaired) electrons. The van der Waals surface area contributed by atoms with Crippen LogP contribution in [0.4, 0.5) is 0 Å². The van der Waals surface area contributed by atoms with Gasteiger partial charge in [0.05, 0.1) is 25.6 Å². The van der Waals surface area contributed by atoms with Crippen LogP contribution in [0.3, 0.4) is 0 Å². The molecule has 2 aromatic rings. The molecule has 0 spiro atoms. The standard InChI is InChI=1S/C25H31N2OP/c1-3-11-25(20-22(4-2)26-21-27-16-18-28-19-17-27)29(23-12-7-5-8-13-23)24-14-9-6-10-15-24/h3,5-15,21-22H,1,4,16-20H2,2H3/b25-11+,26-21?/t22-/m1/s1. The molecule has 0 aliphatic carbocycles. The zero-order valence-electron chi connectivity index (χ0n) is 17.3. The van der Waals surface area contributed by atoms with Crippen molar-refractivity contribution < 1.29 is 4.74 Å². The molecule has 0 N–H and O–H groups in total. The minimum absolute atomic E-state index is 0.265. The fourth-order valence-electron chi connectivity index (χ4n) is 3.43. The van der Waals surface area contributed by atoms with Gasteiger partial charge in [0, 0.05) is 13.1 Å². The second kappa shape index (κ2) is 11.7. The summed E-state index contributed by atoms with van der Waals surface area (Å²) in [5.41, 5.74) is 0. The molecular weight excluding hydrogens is 375 g/mol. The molecule has 1 heterocycles. The first-order valence-corrected chi connectivity index (χ1v) is 11.7. The van der Waals surface area contributed by atoms with E-state index in [0.717, 1.165) is 39.1 Å². The van der Waals surface area contributed by atoms with Gasteiger partial charge in [-0.15, -0.1) is 0 Å². The highest BCUT2D eigenvalue weighted by Crippen LogP contribution is 2.45. The zero-order chi connectivity index (χ0) is 20.3. The Hall–Kier alpha value is -2.22. The van der Waals surface area contributed by atoms with E-state index >= 15 is 0 Å². The molecule has 0 saturated carbocycles. The van der Waals surface area contributed by atoms with Crippen LogP contribution >= 0.6 is 7.92 Å². The van der Waals surface area contributed by atoms with Crippen LogP contribution in [-0.4, -0.2) is 43.6 Å². The summed E-state index contributed by atoms with van der Waals surface area (Å²) in [6.45, 7) is 9.65. The molecular formula is C25H31N2OP. The highest BCUT2D eigenvalue weighted by Gasteiger charge is 2.21. The van der Waals surface area contributed by atoms with Crippen molar-refractivity contribution >= 4 is 24.9 Å². The second-order valence-electron chi connectivity index (χ2n) is 7.08. The Morgan fingerprint density at radius 2 is 1.66 bits per heavy atom. The molecule has 0 amide bonds. The van der Waals surface area contributed by atoms with Gasteiger partial charge in [-0.25, -0.2) is 0 Å². The van der Waals surface area contributed by atoms with Gasteiger partial charge < -0.3 is 9.64 Å². The maximum atomic E-state index is 5.44. The van der Waals surface area contributed by atoms with Gasteiger partial charge in [0.15, 0.2) is 0 Å². The van der Waals surface area contributed by atoms with Crippen LogP contribution in [0.5, 0.6) is 0 Å². The van der Waals surface area contributed by atoms with Crippen LogP contribution in [0.25, 0.3) is 0 Å². The Bertz CT molecular complexity index is 759. The van der Waals surface area contributed by atoms with Crippen molar-refractivity contribution in [3.63, 3.8) is 0 Å². The molecule has 1 saturated heterocycles. The molecule has 3 rings (SSSR count). The summed E-state index contributed by atoms with van der Waals surface area (Å²) in [5, 5.41) is 4.15. The van der Waals surface area contributed by atoms with Gasteiger partial charge in [0.1, 0.15) is 0 Å². The third-order valence-corrected chi connectivity index (χ3v) is 7.56. The van der Waals surface area contributed by atoms with Crippen molar-refractivity contribution in [2.24, 2.45) is 4.99 Å². The minimum Gasteiger partial charge on any atom is -0.378 e. The summed E-state index contributed by atoms with van der Waals surface area (Å²) < 4.78 is 5.44. The molecule has 1 fully saturated rings. The predicted molar refractivity (Wildman–Crippen MR) is 127 cm³/mol. The molecule has 1 aliphatic heterocycles. The summed E-state index contributed by atoms with van der Waals surface area (Å²) >= 11 is 0. The smallest absolute Gasteiger partial charge is 0.0854 e. The maximum Gasteiger partial charge on any atom is 0.0854 e. The van der Waals surface area contributed by atoms with E-state index in [4.69, 9.17) is 9.73 Å². The molecule has 3 nitrogen and oxygen atoms in total. The van der Waals surface area contributed by atoms with Crippen molar-refractivity contribution in [2.45, 2.75) is 25.8 Å². The monoisotopic (exact) mass is 406 g/mol. The average Bonchev–Trinajstić information content (AvgIpc) is 2.79. The normalized spacial score (nSPS) is 16.3. The fraction of sp³-hybridized carbons (Fsp3) is 0.320. The SMILES string of the molecule is C=C/C=C(\C[C@@H](CC)N=CN1CCOCC1)P(c1ccccc1)c1ccccc1. The summed E-state index contributed by atoms with van der Waals surface area (Å²) in [6, 6.07) is 21.9. The number of morpholine rings is 1. The third-order valence-electron chi connectivity index (χ3n) is 5.03. The number of aliphatic imine (C=N–C) groups is 1. The first-order valence-electron chi connectivity index (χ1n) is 10.4. The van der Waals surface area contributed by atoms with Gasteiger partial charge in [0.2, 0.25) is 0 Å². The Balaban J connectivity index is 1.85. The molecule has 0 bridgehead atoms. The van der Waals surface area contributed by atoms with Gasteiger partial charge in [0.25, 0.3) is 0 Å². The van der Waals surface area contributed by atoms with E-state index < -0.39 is 7.92 Å². The van der Waals surface area contributed by atoms with E-state index in [0.29, 0.717) is 0 Å². The van der Waals surface area contributed by atoms with E-state index in [9.17, 15) is 0 Å². The highest BCUT2D eigenvalue weighted by molar-refractivity contribution is 7.76. The number of rotatable bonds is 9. The van der Waals surface area contributed by atoms with Crippen LogP contribution < -0.4 is 10.6 Å². The lowest BCUT2D eigenvalue weighted by molar-refractivity contribution is 0.0699. The van der Waals surface area contributed by atoms with E-state index in [2.05, 4.69) is 85.1 Å². The summed E-state index contributed by atoms with van der Waals surface area (Å²) in [7, 11) is -0.601. The van der Waals surface area contributed by atoms with Gasteiger partial charge in [-0.3, -0.25) is 4.99 Å². The van der Waals surface area contributed by atoms with E-state index in [-0.39, 0.29) is 6.04 Å². The summed E-state index contributed by atoms with van der Waals surface area (Å²) in [4.78, 5) is 7.20. The van der Waals surface area contributed by atoms with Crippen LogP contribution in [0.2, 0.25) is 0 Å². The zero-order valence-corrected chi connectivity index (χ0v) is 18.2. The Morgan fingerprint density at radius 1 is 1.07 bits per heavy atom. The third kappa shape index (κ3) is 6.39. The van der Waals surface area contributed by atoms with Crippen molar-refractivity contribution in [3.05, 3.63) is 84.7 Å². The summed E-state index contributed by atoms with van der Waals surface area (Å²) in [6.07, 6.45) is 8.13. The molecule has 0 aromatic heterocycles.